The molecule has 0 aromatic heterocycles. The minimum atomic E-state index is -3.16. The van der Waals surface area contributed by atoms with Crippen LogP contribution in [0.3, 0.4) is 0 Å². The monoisotopic (exact) mass is 298 g/mol. The van der Waals surface area contributed by atoms with Gasteiger partial charge in [-0.2, -0.15) is 0 Å². The lowest BCUT2D eigenvalue weighted by molar-refractivity contribution is 0.194. The summed E-state index contributed by atoms with van der Waals surface area (Å²) in [6.07, 6.45) is 2.01. The molecule has 1 aromatic carbocycles. The number of hydrogen-bond donors (Lipinski definition) is 3. The SMILES string of the molecule is CS(=O)(=O)C=CC(N)Cc1ccc(CNC(=O)O)cc1. The Kier molecular flexibility index (Phi) is 5.72. The van der Waals surface area contributed by atoms with E-state index in [1.54, 1.807) is 12.1 Å². The Morgan fingerprint density at radius 3 is 2.40 bits per heavy atom. The summed E-state index contributed by atoms with van der Waals surface area (Å²) in [7, 11) is -3.16. The van der Waals surface area contributed by atoms with Gasteiger partial charge in [0.1, 0.15) is 0 Å². The van der Waals surface area contributed by atoms with Crippen LogP contribution in [0.4, 0.5) is 4.79 Å². The van der Waals surface area contributed by atoms with Gasteiger partial charge in [-0.25, -0.2) is 13.2 Å². The van der Waals surface area contributed by atoms with E-state index in [0.29, 0.717) is 6.42 Å². The molecule has 0 radical (unpaired) electrons. The molecule has 20 heavy (non-hydrogen) atoms. The minimum absolute atomic E-state index is 0.246. The second-order valence-electron chi connectivity index (χ2n) is 4.50. The van der Waals surface area contributed by atoms with E-state index in [1.165, 1.54) is 6.08 Å². The van der Waals surface area contributed by atoms with Gasteiger partial charge in [0.05, 0.1) is 0 Å². The molecule has 0 spiro atoms. The highest BCUT2D eigenvalue weighted by atomic mass is 32.2. The maximum Gasteiger partial charge on any atom is 0.404 e. The van der Waals surface area contributed by atoms with Crippen molar-refractivity contribution in [3.05, 3.63) is 46.9 Å². The predicted octanol–water partition coefficient (Wildman–Crippen LogP) is 0.882. The molecule has 0 saturated heterocycles. The summed E-state index contributed by atoms with van der Waals surface area (Å²) in [5.74, 6) is 0. The molecule has 4 N–H and O–H groups in total. The van der Waals surface area contributed by atoms with Crippen molar-refractivity contribution in [2.24, 2.45) is 5.73 Å². The van der Waals surface area contributed by atoms with Gasteiger partial charge in [0, 0.05) is 24.3 Å². The standard InChI is InChI=1S/C13H18N2O4S/c1-20(18,19)7-6-12(14)8-10-2-4-11(5-3-10)9-15-13(16)17/h2-7,12,15H,8-9,14H2,1H3,(H,16,17). The van der Waals surface area contributed by atoms with Crippen molar-refractivity contribution in [2.45, 2.75) is 19.0 Å². The molecule has 6 nitrogen and oxygen atoms in total. The van der Waals surface area contributed by atoms with Gasteiger partial charge in [-0.15, -0.1) is 0 Å². The van der Waals surface area contributed by atoms with Crippen LogP contribution in [0, 0.1) is 0 Å². The molecule has 1 unspecified atom stereocenters. The van der Waals surface area contributed by atoms with Gasteiger partial charge < -0.3 is 16.2 Å². The predicted molar refractivity (Wildman–Crippen MR) is 77.0 cm³/mol. The first-order chi connectivity index (χ1) is 9.26. The van der Waals surface area contributed by atoms with E-state index in [1.807, 2.05) is 12.1 Å². The first-order valence-electron chi connectivity index (χ1n) is 5.95. The van der Waals surface area contributed by atoms with Gasteiger partial charge in [-0.1, -0.05) is 30.3 Å². The lowest BCUT2D eigenvalue weighted by Gasteiger charge is -2.08. The normalized spacial score (nSPS) is 13.3. The van der Waals surface area contributed by atoms with Crippen molar-refractivity contribution in [3.8, 4) is 0 Å². The molecule has 0 aliphatic heterocycles. The van der Waals surface area contributed by atoms with E-state index in [2.05, 4.69) is 5.32 Å². The number of nitrogens with two attached hydrogens (primary N) is 1. The molecule has 0 saturated carbocycles. The van der Waals surface area contributed by atoms with Crippen LogP contribution in [0.2, 0.25) is 0 Å². The van der Waals surface area contributed by atoms with Crippen LogP contribution in [0.1, 0.15) is 11.1 Å². The average Bonchev–Trinajstić information content (AvgIpc) is 2.35. The van der Waals surface area contributed by atoms with E-state index >= 15 is 0 Å². The molecule has 0 bridgehead atoms. The van der Waals surface area contributed by atoms with Crippen molar-refractivity contribution in [1.29, 1.82) is 0 Å². The maximum absolute atomic E-state index is 11.0. The number of hydrogen-bond acceptors (Lipinski definition) is 4. The van der Waals surface area contributed by atoms with Crippen molar-refractivity contribution >= 4 is 15.9 Å². The first-order valence-corrected chi connectivity index (χ1v) is 7.90. The summed E-state index contributed by atoms with van der Waals surface area (Å²) in [6.45, 7) is 0.246. The molecule has 1 rings (SSSR count). The molecule has 0 heterocycles. The lowest BCUT2D eigenvalue weighted by Crippen LogP contribution is -2.21. The lowest BCUT2D eigenvalue weighted by atomic mass is 10.0. The van der Waals surface area contributed by atoms with Crippen molar-refractivity contribution < 1.29 is 18.3 Å². The minimum Gasteiger partial charge on any atom is -0.465 e. The molecule has 1 atom stereocenters. The van der Waals surface area contributed by atoms with Gasteiger partial charge in [0.15, 0.2) is 9.84 Å². The number of rotatable bonds is 6. The molecule has 0 aliphatic rings. The van der Waals surface area contributed by atoms with Gasteiger partial charge in [0.25, 0.3) is 0 Å². The highest BCUT2D eigenvalue weighted by molar-refractivity contribution is 7.93. The largest absolute Gasteiger partial charge is 0.465 e. The molecule has 110 valence electrons. The Bertz CT molecular complexity index is 579. The topological polar surface area (TPSA) is 109 Å². The summed E-state index contributed by atoms with van der Waals surface area (Å²) in [6, 6.07) is 6.91. The number of carbonyl (C=O) groups is 1. The van der Waals surface area contributed by atoms with Crippen LogP contribution < -0.4 is 11.1 Å². The zero-order valence-corrected chi connectivity index (χ0v) is 11.9. The van der Waals surface area contributed by atoms with Crippen LogP contribution in [-0.2, 0) is 22.8 Å². The first kappa shape index (κ1) is 16.2. The second kappa shape index (κ2) is 7.06. The van der Waals surface area contributed by atoms with Gasteiger partial charge in [-0.3, -0.25) is 0 Å². The molecule has 1 aromatic rings. The quantitative estimate of drug-likeness (QED) is 0.722. The highest BCUT2D eigenvalue weighted by Gasteiger charge is 2.03. The molecule has 1 amide bonds. The van der Waals surface area contributed by atoms with Crippen molar-refractivity contribution in [1.82, 2.24) is 5.32 Å². The van der Waals surface area contributed by atoms with Crippen LogP contribution in [0.25, 0.3) is 0 Å². The summed E-state index contributed by atoms with van der Waals surface area (Å²) in [5, 5.41) is 11.9. The number of amides is 1. The Balaban J connectivity index is 2.57. The van der Waals surface area contributed by atoms with E-state index < -0.39 is 15.9 Å². The molecule has 0 aliphatic carbocycles. The fourth-order valence-electron chi connectivity index (χ4n) is 1.55. The third-order valence-corrected chi connectivity index (χ3v) is 3.16. The molecule has 0 fully saturated rings. The second-order valence-corrected chi connectivity index (χ2v) is 6.43. The van der Waals surface area contributed by atoms with Crippen molar-refractivity contribution in [2.75, 3.05) is 6.26 Å². The third-order valence-electron chi connectivity index (χ3n) is 2.51. The zero-order chi connectivity index (χ0) is 15.2. The Morgan fingerprint density at radius 2 is 1.90 bits per heavy atom. The van der Waals surface area contributed by atoms with Gasteiger partial charge in [0.2, 0.25) is 0 Å². The Hall–Kier alpha value is -1.86. The maximum atomic E-state index is 11.0. The van der Waals surface area contributed by atoms with Crippen LogP contribution in [0.15, 0.2) is 35.7 Å². The number of sulfone groups is 1. The van der Waals surface area contributed by atoms with E-state index in [-0.39, 0.29) is 12.6 Å². The fraction of sp³-hybridized carbons (Fsp3) is 0.308. The van der Waals surface area contributed by atoms with Crippen molar-refractivity contribution in [3.63, 3.8) is 0 Å². The summed E-state index contributed by atoms with van der Waals surface area (Å²) < 4.78 is 21.9. The van der Waals surface area contributed by atoms with Gasteiger partial charge >= 0.3 is 6.09 Å². The molecular weight excluding hydrogens is 280 g/mol. The molecular formula is C13H18N2O4S. The van der Waals surface area contributed by atoms with E-state index in [0.717, 1.165) is 22.8 Å². The summed E-state index contributed by atoms with van der Waals surface area (Å²) >= 11 is 0. The smallest absolute Gasteiger partial charge is 0.404 e. The fourth-order valence-corrected chi connectivity index (χ4v) is 2.04. The third kappa shape index (κ3) is 6.91. The van der Waals surface area contributed by atoms with Crippen LogP contribution in [0.5, 0.6) is 0 Å². The highest BCUT2D eigenvalue weighted by Crippen LogP contribution is 2.07. The van der Waals surface area contributed by atoms with E-state index in [9.17, 15) is 13.2 Å². The van der Waals surface area contributed by atoms with Crippen LogP contribution in [-0.4, -0.2) is 31.9 Å². The molecule has 7 heteroatoms. The Morgan fingerprint density at radius 1 is 1.35 bits per heavy atom. The summed E-state index contributed by atoms with van der Waals surface area (Å²) in [4.78, 5) is 10.4. The number of carboxylic acid groups (broad SMARTS) is 1. The van der Waals surface area contributed by atoms with Crippen LogP contribution >= 0.6 is 0 Å². The average molecular weight is 298 g/mol. The Labute approximate surface area is 118 Å². The summed E-state index contributed by atoms with van der Waals surface area (Å²) in [5.41, 5.74) is 7.61. The van der Waals surface area contributed by atoms with E-state index in [4.69, 9.17) is 10.8 Å². The van der Waals surface area contributed by atoms with Gasteiger partial charge in [-0.05, 0) is 17.5 Å². The number of nitrogens with one attached hydrogen (secondary N) is 1. The number of benzene rings is 1. The zero-order valence-electron chi connectivity index (χ0n) is 11.1.